The van der Waals surface area contributed by atoms with Crippen LogP contribution in [0.2, 0.25) is 0 Å². The van der Waals surface area contributed by atoms with Crippen molar-refractivity contribution in [1.82, 2.24) is 10.1 Å². The summed E-state index contributed by atoms with van der Waals surface area (Å²) in [5.41, 5.74) is 0.221. The smallest absolute Gasteiger partial charge is 0.334 e. The Morgan fingerprint density at radius 1 is 0.857 bits per heavy atom. The largest absolute Gasteiger partial charge is 0.416 e. The van der Waals surface area contributed by atoms with Crippen molar-refractivity contribution in [2.45, 2.75) is 6.18 Å². The van der Waals surface area contributed by atoms with Crippen LogP contribution in [0.3, 0.4) is 0 Å². The summed E-state index contributed by atoms with van der Waals surface area (Å²) in [6.07, 6.45) is -4.40. The van der Waals surface area contributed by atoms with Crippen LogP contribution < -0.4 is 0 Å². The fourth-order valence-electron chi connectivity index (χ4n) is 1.87. The molecule has 3 aromatic rings. The zero-order valence-corrected chi connectivity index (χ0v) is 10.6. The highest BCUT2D eigenvalue weighted by Crippen LogP contribution is 2.32. The first-order chi connectivity index (χ1) is 10.0. The van der Waals surface area contributed by atoms with Gasteiger partial charge in [-0.25, -0.2) is 0 Å². The van der Waals surface area contributed by atoms with Gasteiger partial charge in [0, 0.05) is 11.1 Å². The zero-order valence-electron chi connectivity index (χ0n) is 10.6. The molecule has 0 atom stereocenters. The second-order valence-corrected chi connectivity index (χ2v) is 4.37. The molecule has 2 aromatic carbocycles. The number of halogens is 3. The Hall–Kier alpha value is -2.63. The number of alkyl halides is 3. The van der Waals surface area contributed by atoms with Gasteiger partial charge in [0.05, 0.1) is 5.56 Å². The first-order valence-electron chi connectivity index (χ1n) is 6.11. The molecule has 0 aliphatic heterocycles. The Morgan fingerprint density at radius 2 is 1.57 bits per heavy atom. The Labute approximate surface area is 118 Å². The van der Waals surface area contributed by atoms with Crippen LogP contribution in [-0.2, 0) is 6.18 Å². The lowest BCUT2D eigenvalue weighted by molar-refractivity contribution is -0.137. The van der Waals surface area contributed by atoms with Crippen molar-refractivity contribution in [3.63, 3.8) is 0 Å². The van der Waals surface area contributed by atoms with E-state index in [0.29, 0.717) is 5.82 Å². The quantitative estimate of drug-likeness (QED) is 0.701. The van der Waals surface area contributed by atoms with Gasteiger partial charge < -0.3 is 4.52 Å². The summed E-state index contributed by atoms with van der Waals surface area (Å²) in [4.78, 5) is 4.13. The minimum Gasteiger partial charge on any atom is -0.334 e. The van der Waals surface area contributed by atoms with Gasteiger partial charge in [0.15, 0.2) is 0 Å². The van der Waals surface area contributed by atoms with Crippen LogP contribution in [0, 0.1) is 0 Å². The van der Waals surface area contributed by atoms with Crippen molar-refractivity contribution >= 4 is 0 Å². The van der Waals surface area contributed by atoms with Crippen molar-refractivity contribution in [3.8, 4) is 22.8 Å². The van der Waals surface area contributed by atoms with Gasteiger partial charge in [-0.3, -0.25) is 0 Å². The van der Waals surface area contributed by atoms with Gasteiger partial charge in [-0.1, -0.05) is 41.6 Å². The Bertz CT molecular complexity index is 751. The van der Waals surface area contributed by atoms with Gasteiger partial charge in [-0.2, -0.15) is 18.2 Å². The van der Waals surface area contributed by atoms with E-state index in [0.717, 1.165) is 17.7 Å². The van der Waals surface area contributed by atoms with Crippen molar-refractivity contribution in [3.05, 3.63) is 60.2 Å². The van der Waals surface area contributed by atoms with Gasteiger partial charge >= 0.3 is 6.18 Å². The molecule has 0 spiro atoms. The first kappa shape index (κ1) is 13.4. The minimum absolute atomic E-state index is 0.0555. The first-order valence-corrected chi connectivity index (χ1v) is 6.11. The molecule has 0 amide bonds. The number of nitrogens with zero attached hydrogens (tertiary/aromatic N) is 2. The highest BCUT2D eigenvalue weighted by atomic mass is 19.4. The lowest BCUT2D eigenvalue weighted by atomic mass is 10.1. The maximum absolute atomic E-state index is 12.7. The van der Waals surface area contributed by atoms with Gasteiger partial charge in [-0.05, 0) is 18.2 Å². The Kier molecular flexibility index (Phi) is 3.21. The number of aromatic nitrogens is 2. The van der Waals surface area contributed by atoms with E-state index in [1.165, 1.54) is 12.1 Å². The summed E-state index contributed by atoms with van der Waals surface area (Å²) in [7, 11) is 0. The molecule has 0 N–H and O–H groups in total. The van der Waals surface area contributed by atoms with Crippen LogP contribution in [0.25, 0.3) is 22.8 Å². The average Bonchev–Trinajstić information content (AvgIpc) is 2.97. The van der Waals surface area contributed by atoms with E-state index in [2.05, 4.69) is 10.1 Å². The average molecular weight is 290 g/mol. The maximum atomic E-state index is 12.7. The van der Waals surface area contributed by atoms with Crippen LogP contribution in [0.1, 0.15) is 5.56 Å². The molecule has 0 aliphatic carbocycles. The molecule has 1 heterocycles. The topological polar surface area (TPSA) is 38.9 Å². The molecule has 0 saturated carbocycles. The van der Waals surface area contributed by atoms with Crippen molar-refractivity contribution in [2.24, 2.45) is 0 Å². The van der Waals surface area contributed by atoms with Gasteiger partial charge in [-0.15, -0.1) is 0 Å². The molecular formula is C15H9F3N2O. The Balaban J connectivity index is 1.97. The Morgan fingerprint density at radius 3 is 2.29 bits per heavy atom. The van der Waals surface area contributed by atoms with Crippen molar-refractivity contribution < 1.29 is 17.7 Å². The van der Waals surface area contributed by atoms with E-state index in [4.69, 9.17) is 4.52 Å². The fourth-order valence-corrected chi connectivity index (χ4v) is 1.87. The second-order valence-electron chi connectivity index (χ2n) is 4.37. The number of rotatable bonds is 2. The molecule has 0 saturated heterocycles. The normalized spacial score (nSPS) is 11.6. The summed E-state index contributed by atoms with van der Waals surface area (Å²) < 4.78 is 43.1. The molecule has 1 aromatic heterocycles. The molecule has 3 nitrogen and oxygen atoms in total. The monoisotopic (exact) mass is 290 g/mol. The third kappa shape index (κ3) is 2.79. The molecular weight excluding hydrogens is 281 g/mol. The predicted molar refractivity (Wildman–Crippen MR) is 70.2 cm³/mol. The molecule has 0 unspecified atom stereocenters. The standard InChI is InChI=1S/C15H9F3N2O/c16-15(17,18)12-8-4-7-11(9-12)14-19-13(20-21-14)10-5-2-1-3-6-10/h1-9H. The highest BCUT2D eigenvalue weighted by Gasteiger charge is 2.30. The number of hydrogen-bond donors (Lipinski definition) is 0. The minimum atomic E-state index is -4.40. The summed E-state index contributed by atoms with van der Waals surface area (Å²) in [6, 6.07) is 13.9. The second kappa shape index (κ2) is 5.05. The molecule has 3 rings (SSSR count). The van der Waals surface area contributed by atoms with Gasteiger partial charge in [0.2, 0.25) is 5.82 Å². The van der Waals surface area contributed by atoms with Crippen molar-refractivity contribution in [2.75, 3.05) is 0 Å². The summed E-state index contributed by atoms with van der Waals surface area (Å²) in [5, 5.41) is 3.79. The highest BCUT2D eigenvalue weighted by molar-refractivity contribution is 5.60. The number of hydrogen-bond acceptors (Lipinski definition) is 3. The molecule has 0 bridgehead atoms. The van der Waals surface area contributed by atoms with E-state index in [1.54, 1.807) is 12.1 Å². The SMILES string of the molecule is FC(F)(F)c1cccc(-c2nc(-c3ccccc3)no2)c1. The van der Waals surface area contributed by atoms with Gasteiger partial charge in [0.1, 0.15) is 0 Å². The van der Waals surface area contributed by atoms with Crippen LogP contribution in [0.5, 0.6) is 0 Å². The molecule has 21 heavy (non-hydrogen) atoms. The third-order valence-corrected chi connectivity index (χ3v) is 2.89. The molecule has 106 valence electrons. The van der Waals surface area contributed by atoms with E-state index in [1.807, 2.05) is 18.2 Å². The fraction of sp³-hybridized carbons (Fsp3) is 0.0667. The molecule has 0 aliphatic rings. The van der Waals surface area contributed by atoms with E-state index in [-0.39, 0.29) is 11.5 Å². The molecule has 0 fully saturated rings. The van der Waals surface area contributed by atoms with Crippen molar-refractivity contribution in [1.29, 1.82) is 0 Å². The van der Waals surface area contributed by atoms with Crippen LogP contribution in [0.15, 0.2) is 59.1 Å². The summed E-state index contributed by atoms with van der Waals surface area (Å²) in [6.45, 7) is 0. The molecule has 6 heteroatoms. The van der Waals surface area contributed by atoms with E-state index >= 15 is 0 Å². The maximum Gasteiger partial charge on any atom is 0.416 e. The van der Waals surface area contributed by atoms with E-state index < -0.39 is 11.7 Å². The predicted octanol–water partition coefficient (Wildman–Crippen LogP) is 4.42. The number of benzene rings is 2. The van der Waals surface area contributed by atoms with Crippen LogP contribution >= 0.6 is 0 Å². The summed E-state index contributed by atoms with van der Waals surface area (Å²) in [5.74, 6) is 0.392. The summed E-state index contributed by atoms with van der Waals surface area (Å²) >= 11 is 0. The van der Waals surface area contributed by atoms with Gasteiger partial charge in [0.25, 0.3) is 5.89 Å². The third-order valence-electron chi connectivity index (χ3n) is 2.89. The lowest BCUT2D eigenvalue weighted by Gasteiger charge is -2.06. The molecule has 0 radical (unpaired) electrons. The lowest BCUT2D eigenvalue weighted by Crippen LogP contribution is -2.04. The van der Waals surface area contributed by atoms with Crippen LogP contribution in [0.4, 0.5) is 13.2 Å². The van der Waals surface area contributed by atoms with E-state index in [9.17, 15) is 13.2 Å². The zero-order chi connectivity index (χ0) is 14.9. The van der Waals surface area contributed by atoms with Crippen LogP contribution in [-0.4, -0.2) is 10.1 Å².